The summed E-state index contributed by atoms with van der Waals surface area (Å²) in [5, 5.41) is 0. The standard InChI is InChI=1S/C17H24N2O.ClH/c1-12-9-10-19(16-8-3-2-6-14(12)16)17(20)11-13-5-4-7-15(13)18;/h2-3,6,8,12-13,15H,4-5,7,9-11,18H2,1H3;1H/t12?,13-,15+;/m0./s1. The van der Waals surface area contributed by atoms with Crippen molar-refractivity contribution in [3.05, 3.63) is 29.8 Å². The number of para-hydroxylation sites is 1. The van der Waals surface area contributed by atoms with Crippen molar-refractivity contribution in [3.8, 4) is 0 Å². The SMILES string of the molecule is CC1CCN(C(=O)C[C@@H]2CCC[C@H]2N)c2ccccc21.Cl. The Morgan fingerprint density at radius 2 is 2.05 bits per heavy atom. The number of rotatable bonds is 2. The molecule has 0 bridgehead atoms. The fourth-order valence-electron chi connectivity index (χ4n) is 3.66. The van der Waals surface area contributed by atoms with E-state index in [9.17, 15) is 4.79 Å². The van der Waals surface area contributed by atoms with Gasteiger partial charge in [-0.3, -0.25) is 4.79 Å². The van der Waals surface area contributed by atoms with E-state index >= 15 is 0 Å². The van der Waals surface area contributed by atoms with Crippen LogP contribution in [0.1, 0.15) is 50.5 Å². The number of anilines is 1. The van der Waals surface area contributed by atoms with Crippen molar-refractivity contribution < 1.29 is 4.79 Å². The smallest absolute Gasteiger partial charge is 0.227 e. The molecule has 1 aromatic rings. The van der Waals surface area contributed by atoms with Gasteiger partial charge in [-0.1, -0.05) is 31.5 Å². The van der Waals surface area contributed by atoms with Gasteiger partial charge in [0.1, 0.15) is 0 Å². The van der Waals surface area contributed by atoms with Gasteiger partial charge in [0.25, 0.3) is 0 Å². The molecule has 2 N–H and O–H groups in total. The quantitative estimate of drug-likeness (QED) is 0.909. The van der Waals surface area contributed by atoms with Gasteiger partial charge in [0, 0.05) is 24.7 Å². The molecular weight excluding hydrogens is 284 g/mol. The maximum absolute atomic E-state index is 12.6. The molecule has 0 saturated heterocycles. The van der Waals surface area contributed by atoms with Crippen LogP contribution in [-0.2, 0) is 4.79 Å². The van der Waals surface area contributed by atoms with Crippen molar-refractivity contribution >= 4 is 24.0 Å². The minimum absolute atomic E-state index is 0. The Morgan fingerprint density at radius 1 is 1.29 bits per heavy atom. The van der Waals surface area contributed by atoms with Crippen LogP contribution in [0.25, 0.3) is 0 Å². The highest BCUT2D eigenvalue weighted by molar-refractivity contribution is 5.95. The van der Waals surface area contributed by atoms with Crippen LogP contribution >= 0.6 is 12.4 Å². The Hall–Kier alpha value is -1.06. The van der Waals surface area contributed by atoms with Crippen LogP contribution in [0.3, 0.4) is 0 Å². The highest BCUT2D eigenvalue weighted by Crippen LogP contribution is 2.36. The van der Waals surface area contributed by atoms with Gasteiger partial charge in [0.05, 0.1) is 0 Å². The van der Waals surface area contributed by atoms with Crippen molar-refractivity contribution in [1.82, 2.24) is 0 Å². The molecule has 0 spiro atoms. The summed E-state index contributed by atoms with van der Waals surface area (Å²) in [6, 6.07) is 8.55. The molecule has 1 aromatic carbocycles. The average Bonchev–Trinajstić information content (AvgIpc) is 2.85. The van der Waals surface area contributed by atoms with E-state index in [2.05, 4.69) is 25.1 Å². The third kappa shape index (κ3) is 3.24. The Morgan fingerprint density at radius 3 is 2.76 bits per heavy atom. The van der Waals surface area contributed by atoms with Crippen LogP contribution in [0.15, 0.2) is 24.3 Å². The van der Waals surface area contributed by atoms with Crippen LogP contribution in [-0.4, -0.2) is 18.5 Å². The topological polar surface area (TPSA) is 46.3 Å². The number of nitrogens with two attached hydrogens (primary N) is 1. The van der Waals surface area contributed by atoms with Crippen molar-refractivity contribution in [2.24, 2.45) is 11.7 Å². The zero-order chi connectivity index (χ0) is 14.1. The first-order valence-corrected chi connectivity index (χ1v) is 7.81. The summed E-state index contributed by atoms with van der Waals surface area (Å²) in [6.07, 6.45) is 5.03. The lowest BCUT2D eigenvalue weighted by molar-refractivity contribution is -0.119. The van der Waals surface area contributed by atoms with Gasteiger partial charge in [0.2, 0.25) is 5.91 Å². The third-order valence-electron chi connectivity index (χ3n) is 5.00. The van der Waals surface area contributed by atoms with Gasteiger partial charge in [0.15, 0.2) is 0 Å². The minimum atomic E-state index is 0. The molecule has 1 unspecified atom stereocenters. The van der Waals surface area contributed by atoms with Gasteiger partial charge in [-0.15, -0.1) is 12.4 Å². The molecule has 1 fully saturated rings. The van der Waals surface area contributed by atoms with Gasteiger partial charge < -0.3 is 10.6 Å². The first kappa shape index (κ1) is 16.3. The number of benzene rings is 1. The van der Waals surface area contributed by atoms with Gasteiger partial charge in [-0.05, 0) is 42.7 Å². The first-order chi connectivity index (χ1) is 9.66. The predicted octanol–water partition coefficient (Wildman–Crippen LogP) is 3.47. The molecule has 1 heterocycles. The second-order valence-corrected chi connectivity index (χ2v) is 6.35. The minimum Gasteiger partial charge on any atom is -0.327 e. The molecule has 3 rings (SSSR count). The number of carbonyl (C=O) groups is 1. The average molecular weight is 309 g/mol. The van der Waals surface area contributed by atoms with E-state index in [1.54, 1.807) is 0 Å². The number of hydrogen-bond donors (Lipinski definition) is 1. The maximum atomic E-state index is 12.6. The molecular formula is C17H25ClN2O. The molecule has 21 heavy (non-hydrogen) atoms. The number of carbonyl (C=O) groups excluding carboxylic acids is 1. The van der Waals surface area contributed by atoms with Crippen molar-refractivity contribution in [2.45, 2.75) is 51.0 Å². The molecule has 1 aliphatic heterocycles. The Balaban J connectivity index is 0.00000161. The Labute approximate surface area is 133 Å². The van der Waals surface area contributed by atoms with Gasteiger partial charge >= 0.3 is 0 Å². The van der Waals surface area contributed by atoms with Crippen LogP contribution in [0.4, 0.5) is 5.69 Å². The second kappa shape index (κ2) is 6.80. The number of nitrogens with zero attached hydrogens (tertiary/aromatic N) is 1. The normalized spacial score (nSPS) is 27.9. The van der Waals surface area contributed by atoms with Crippen molar-refractivity contribution in [2.75, 3.05) is 11.4 Å². The van der Waals surface area contributed by atoms with Crippen LogP contribution in [0, 0.1) is 5.92 Å². The van der Waals surface area contributed by atoms with E-state index in [1.165, 1.54) is 12.0 Å². The van der Waals surface area contributed by atoms with Gasteiger partial charge in [-0.2, -0.15) is 0 Å². The molecule has 1 aliphatic carbocycles. The van der Waals surface area contributed by atoms with E-state index in [0.29, 0.717) is 18.3 Å². The van der Waals surface area contributed by atoms with E-state index < -0.39 is 0 Å². The maximum Gasteiger partial charge on any atom is 0.227 e. The van der Waals surface area contributed by atoms with Crippen LogP contribution in [0.5, 0.6) is 0 Å². The Kier molecular flexibility index (Phi) is 5.28. The lowest BCUT2D eigenvalue weighted by Gasteiger charge is -2.33. The third-order valence-corrected chi connectivity index (χ3v) is 5.00. The molecule has 3 atom stereocenters. The predicted molar refractivity (Wildman–Crippen MR) is 89.0 cm³/mol. The van der Waals surface area contributed by atoms with E-state index in [1.807, 2.05) is 11.0 Å². The number of hydrogen-bond acceptors (Lipinski definition) is 2. The molecule has 1 saturated carbocycles. The molecule has 0 aromatic heterocycles. The molecule has 0 radical (unpaired) electrons. The summed E-state index contributed by atoms with van der Waals surface area (Å²) in [6.45, 7) is 3.09. The summed E-state index contributed by atoms with van der Waals surface area (Å²) in [4.78, 5) is 14.6. The fourth-order valence-corrected chi connectivity index (χ4v) is 3.66. The summed E-state index contributed by atoms with van der Waals surface area (Å²) in [5.74, 6) is 1.18. The fraction of sp³-hybridized carbons (Fsp3) is 0.588. The highest BCUT2D eigenvalue weighted by Gasteiger charge is 2.31. The monoisotopic (exact) mass is 308 g/mol. The van der Waals surface area contributed by atoms with E-state index in [0.717, 1.165) is 31.5 Å². The number of halogens is 1. The van der Waals surface area contributed by atoms with E-state index in [4.69, 9.17) is 5.73 Å². The van der Waals surface area contributed by atoms with Gasteiger partial charge in [-0.25, -0.2) is 0 Å². The summed E-state index contributed by atoms with van der Waals surface area (Å²) < 4.78 is 0. The summed E-state index contributed by atoms with van der Waals surface area (Å²) >= 11 is 0. The highest BCUT2D eigenvalue weighted by atomic mass is 35.5. The van der Waals surface area contributed by atoms with E-state index in [-0.39, 0.29) is 24.4 Å². The molecule has 2 aliphatic rings. The summed E-state index contributed by atoms with van der Waals surface area (Å²) in [7, 11) is 0. The number of fused-ring (bicyclic) bond motifs is 1. The Bertz CT molecular complexity index is 505. The second-order valence-electron chi connectivity index (χ2n) is 6.35. The van der Waals surface area contributed by atoms with Crippen molar-refractivity contribution in [1.29, 1.82) is 0 Å². The molecule has 4 heteroatoms. The lowest BCUT2D eigenvalue weighted by Crippen LogP contribution is -2.39. The zero-order valence-corrected chi connectivity index (χ0v) is 13.4. The first-order valence-electron chi connectivity index (χ1n) is 7.81. The number of amides is 1. The molecule has 116 valence electrons. The zero-order valence-electron chi connectivity index (χ0n) is 12.6. The molecule has 3 nitrogen and oxygen atoms in total. The lowest BCUT2D eigenvalue weighted by atomic mass is 9.90. The van der Waals surface area contributed by atoms with Crippen LogP contribution in [0.2, 0.25) is 0 Å². The largest absolute Gasteiger partial charge is 0.327 e. The van der Waals surface area contributed by atoms with Crippen molar-refractivity contribution in [3.63, 3.8) is 0 Å². The summed E-state index contributed by atoms with van der Waals surface area (Å²) in [5.41, 5.74) is 8.52. The van der Waals surface area contributed by atoms with Crippen LogP contribution < -0.4 is 10.6 Å². The molecule has 1 amide bonds.